The van der Waals surface area contributed by atoms with Gasteiger partial charge in [0.05, 0.1) is 6.20 Å². The van der Waals surface area contributed by atoms with Crippen molar-refractivity contribution in [3.05, 3.63) is 70.1 Å². The molecule has 4 aromatic rings. The summed E-state index contributed by atoms with van der Waals surface area (Å²) < 4.78 is 1.25. The Morgan fingerprint density at radius 3 is 2.93 bits per heavy atom. The van der Waals surface area contributed by atoms with Gasteiger partial charge in [-0.1, -0.05) is 29.8 Å². The van der Waals surface area contributed by atoms with Crippen LogP contribution >= 0.6 is 0 Å². The number of hydrogen-bond acceptors (Lipinski definition) is 3. The number of fused-ring (bicyclic) bond motifs is 4. The number of para-hydroxylation sites is 1. The first kappa shape index (κ1) is 16.7. The van der Waals surface area contributed by atoms with Crippen molar-refractivity contribution >= 4 is 33.4 Å². The quantitative estimate of drug-likeness (QED) is 0.587. The first-order chi connectivity index (χ1) is 13.6. The number of nitrogens with zero attached hydrogens (tertiary/aromatic N) is 3. The fourth-order valence-corrected chi connectivity index (χ4v) is 4.06. The first-order valence-electron chi connectivity index (χ1n) is 9.48. The Labute approximate surface area is 161 Å². The zero-order chi connectivity index (χ0) is 19.3. The molecule has 0 fully saturated rings. The predicted octanol–water partition coefficient (Wildman–Crippen LogP) is 3.17. The van der Waals surface area contributed by atoms with Crippen LogP contribution in [0, 0.1) is 6.92 Å². The van der Waals surface area contributed by atoms with Gasteiger partial charge < -0.3 is 9.88 Å². The lowest BCUT2D eigenvalue weighted by molar-refractivity contribution is -0.119. The summed E-state index contributed by atoms with van der Waals surface area (Å²) in [6.07, 6.45) is 3.57. The molecule has 2 aromatic carbocycles. The van der Waals surface area contributed by atoms with E-state index in [1.807, 2.05) is 43.3 Å². The van der Waals surface area contributed by atoms with Crippen molar-refractivity contribution in [2.45, 2.75) is 26.3 Å². The van der Waals surface area contributed by atoms with E-state index in [-0.39, 0.29) is 18.0 Å². The zero-order valence-electron chi connectivity index (χ0n) is 15.6. The zero-order valence-corrected chi connectivity index (χ0v) is 15.6. The fourth-order valence-electron chi connectivity index (χ4n) is 4.06. The van der Waals surface area contributed by atoms with Crippen molar-refractivity contribution in [3.8, 4) is 0 Å². The summed E-state index contributed by atoms with van der Waals surface area (Å²) in [5.74, 6) is -0.118. The fraction of sp³-hybridized carbons (Fsp3) is 0.227. The molecule has 0 atom stereocenters. The van der Waals surface area contributed by atoms with Crippen LogP contribution in [0.15, 0.2) is 53.5 Å². The molecule has 6 nitrogen and oxygen atoms in total. The smallest absolute Gasteiger partial charge is 0.291 e. The molecule has 5 rings (SSSR count). The minimum atomic E-state index is -0.273. The van der Waals surface area contributed by atoms with Gasteiger partial charge in [0.25, 0.3) is 5.56 Å². The molecule has 0 unspecified atom stereocenters. The highest BCUT2D eigenvalue weighted by atomic mass is 16.2. The third-order valence-corrected chi connectivity index (χ3v) is 5.47. The van der Waals surface area contributed by atoms with Crippen LogP contribution in [0.5, 0.6) is 0 Å². The van der Waals surface area contributed by atoms with Gasteiger partial charge in [-0.25, -0.2) is 4.68 Å². The second kappa shape index (κ2) is 6.34. The Kier molecular flexibility index (Phi) is 3.79. The van der Waals surface area contributed by atoms with Crippen molar-refractivity contribution in [1.82, 2.24) is 14.8 Å². The lowest BCUT2D eigenvalue weighted by Gasteiger charge is -2.29. The van der Waals surface area contributed by atoms with E-state index in [0.29, 0.717) is 12.1 Å². The Morgan fingerprint density at radius 1 is 1.18 bits per heavy atom. The Balaban J connectivity index is 1.52. The molecule has 0 saturated carbocycles. The van der Waals surface area contributed by atoms with E-state index in [1.165, 1.54) is 10.2 Å². The number of anilines is 1. The maximum absolute atomic E-state index is 13.0. The Hall–Kier alpha value is -3.41. The standard InChI is InChI=1S/C22H20N4O2/c1-14-8-9-18-16(11-14)17-12-23-26(22(28)21(17)24-18)13-20(27)25-10-4-6-15-5-2-3-7-19(15)25/h2-3,5,7-9,11-12,24H,4,6,10,13H2,1H3. The van der Waals surface area contributed by atoms with E-state index in [9.17, 15) is 9.59 Å². The molecule has 0 saturated heterocycles. The predicted molar refractivity (Wildman–Crippen MR) is 110 cm³/mol. The number of H-pyrrole nitrogens is 1. The highest BCUT2D eigenvalue weighted by molar-refractivity contribution is 6.06. The van der Waals surface area contributed by atoms with Crippen LogP contribution in [0.2, 0.25) is 0 Å². The van der Waals surface area contributed by atoms with Crippen LogP contribution in [0.1, 0.15) is 17.5 Å². The molecule has 2 aromatic heterocycles. The number of nitrogens with one attached hydrogen (secondary N) is 1. The molecule has 6 heteroatoms. The summed E-state index contributed by atoms with van der Waals surface area (Å²) in [7, 11) is 0. The molecule has 1 aliphatic heterocycles. The van der Waals surface area contributed by atoms with Gasteiger partial charge in [0.1, 0.15) is 12.1 Å². The number of carbonyl (C=O) groups is 1. The number of aromatic nitrogens is 3. The molecule has 0 bridgehead atoms. The van der Waals surface area contributed by atoms with E-state index in [4.69, 9.17) is 0 Å². The van der Waals surface area contributed by atoms with Crippen LogP contribution in [0.4, 0.5) is 5.69 Å². The van der Waals surface area contributed by atoms with Gasteiger partial charge >= 0.3 is 0 Å². The van der Waals surface area contributed by atoms with Gasteiger partial charge in [0, 0.05) is 28.5 Å². The second-order valence-electron chi connectivity index (χ2n) is 7.35. The minimum absolute atomic E-state index is 0.0719. The number of aryl methyl sites for hydroxylation is 2. The summed E-state index contributed by atoms with van der Waals surface area (Å²) >= 11 is 0. The van der Waals surface area contributed by atoms with Crippen molar-refractivity contribution in [2.24, 2.45) is 0 Å². The molecule has 3 heterocycles. The summed E-state index contributed by atoms with van der Waals surface area (Å²) in [6.45, 7) is 2.61. The largest absolute Gasteiger partial charge is 0.350 e. The van der Waals surface area contributed by atoms with Gasteiger partial charge in [0.15, 0.2) is 0 Å². The Bertz CT molecular complexity index is 1280. The van der Waals surface area contributed by atoms with E-state index >= 15 is 0 Å². The topological polar surface area (TPSA) is 71.0 Å². The molecular formula is C22H20N4O2. The third-order valence-electron chi connectivity index (χ3n) is 5.47. The average molecular weight is 372 g/mol. The number of carbonyl (C=O) groups excluding carboxylic acids is 1. The van der Waals surface area contributed by atoms with Crippen LogP contribution in [0.25, 0.3) is 21.8 Å². The monoisotopic (exact) mass is 372 g/mol. The molecule has 1 aliphatic rings. The van der Waals surface area contributed by atoms with Gasteiger partial charge in [-0.15, -0.1) is 0 Å². The molecular weight excluding hydrogens is 352 g/mol. The molecule has 0 radical (unpaired) electrons. The molecule has 140 valence electrons. The van der Waals surface area contributed by atoms with Gasteiger partial charge in [-0.05, 0) is 43.5 Å². The number of hydrogen-bond donors (Lipinski definition) is 1. The van der Waals surface area contributed by atoms with E-state index in [2.05, 4.69) is 16.1 Å². The van der Waals surface area contributed by atoms with Gasteiger partial charge in [-0.3, -0.25) is 9.59 Å². The van der Waals surface area contributed by atoms with E-state index in [0.717, 1.165) is 40.4 Å². The van der Waals surface area contributed by atoms with Crippen LogP contribution in [-0.4, -0.2) is 27.2 Å². The molecule has 28 heavy (non-hydrogen) atoms. The van der Waals surface area contributed by atoms with Crippen molar-refractivity contribution in [1.29, 1.82) is 0 Å². The van der Waals surface area contributed by atoms with Crippen LogP contribution in [-0.2, 0) is 17.8 Å². The molecule has 0 spiro atoms. The van der Waals surface area contributed by atoms with Crippen molar-refractivity contribution < 1.29 is 4.79 Å². The first-order valence-corrected chi connectivity index (χ1v) is 9.48. The minimum Gasteiger partial charge on any atom is -0.350 e. The second-order valence-corrected chi connectivity index (χ2v) is 7.35. The summed E-state index contributed by atoms with van der Waals surface area (Å²) in [4.78, 5) is 30.9. The number of amides is 1. The van der Waals surface area contributed by atoms with Crippen LogP contribution in [0.3, 0.4) is 0 Å². The SMILES string of the molecule is Cc1ccc2[nH]c3c(=O)n(CC(=O)N4CCCc5ccccc54)ncc3c2c1. The lowest BCUT2D eigenvalue weighted by Crippen LogP contribution is -2.40. The highest BCUT2D eigenvalue weighted by Gasteiger charge is 2.23. The molecule has 1 N–H and O–H groups in total. The molecule has 1 amide bonds. The highest BCUT2D eigenvalue weighted by Crippen LogP contribution is 2.27. The lowest BCUT2D eigenvalue weighted by atomic mass is 10.0. The summed E-state index contributed by atoms with van der Waals surface area (Å²) in [6, 6.07) is 13.9. The number of benzene rings is 2. The Morgan fingerprint density at radius 2 is 2.04 bits per heavy atom. The molecule has 0 aliphatic carbocycles. The average Bonchev–Trinajstić information content (AvgIpc) is 3.08. The third kappa shape index (κ3) is 2.60. The maximum atomic E-state index is 13.0. The van der Waals surface area contributed by atoms with Crippen molar-refractivity contribution in [3.63, 3.8) is 0 Å². The summed E-state index contributed by atoms with van der Waals surface area (Å²) in [5.41, 5.74) is 4.34. The normalized spacial score (nSPS) is 13.8. The van der Waals surface area contributed by atoms with E-state index in [1.54, 1.807) is 11.1 Å². The van der Waals surface area contributed by atoms with Gasteiger partial charge in [0.2, 0.25) is 5.91 Å². The number of rotatable bonds is 2. The van der Waals surface area contributed by atoms with E-state index < -0.39 is 0 Å². The van der Waals surface area contributed by atoms with Crippen molar-refractivity contribution in [2.75, 3.05) is 11.4 Å². The van der Waals surface area contributed by atoms with Gasteiger partial charge in [-0.2, -0.15) is 5.10 Å². The van der Waals surface area contributed by atoms with Crippen LogP contribution < -0.4 is 10.5 Å². The number of aromatic amines is 1. The maximum Gasteiger partial charge on any atom is 0.291 e. The summed E-state index contributed by atoms with van der Waals surface area (Å²) in [5, 5.41) is 6.05.